The Morgan fingerprint density at radius 3 is 3.19 bits per heavy atom. The minimum absolute atomic E-state index is 0.0931. The van der Waals surface area contributed by atoms with Gasteiger partial charge in [0.2, 0.25) is 0 Å². The molecule has 0 atom stereocenters. The van der Waals surface area contributed by atoms with Crippen molar-refractivity contribution in [3.63, 3.8) is 0 Å². The number of hydrogen-bond acceptors (Lipinski definition) is 4. The summed E-state index contributed by atoms with van der Waals surface area (Å²) in [6.45, 7) is 3.47. The number of rotatable bonds is 2. The van der Waals surface area contributed by atoms with Crippen molar-refractivity contribution in [1.29, 1.82) is 0 Å². The summed E-state index contributed by atoms with van der Waals surface area (Å²) < 4.78 is 5.18. The molecule has 5 heteroatoms. The maximum atomic E-state index is 12.2. The molecule has 4 nitrogen and oxygen atoms in total. The van der Waals surface area contributed by atoms with Gasteiger partial charge in [0.25, 0.3) is 5.91 Å². The van der Waals surface area contributed by atoms with Crippen molar-refractivity contribution < 1.29 is 9.53 Å². The molecule has 1 aliphatic heterocycles. The van der Waals surface area contributed by atoms with Gasteiger partial charge in [-0.2, -0.15) is 0 Å². The van der Waals surface area contributed by atoms with E-state index in [4.69, 9.17) is 4.74 Å². The lowest BCUT2D eigenvalue weighted by Crippen LogP contribution is -2.33. The van der Waals surface area contributed by atoms with Crippen LogP contribution in [0.25, 0.3) is 0 Å². The van der Waals surface area contributed by atoms with Crippen LogP contribution in [0, 0.1) is 0 Å². The molecule has 0 unspecified atom stereocenters. The van der Waals surface area contributed by atoms with Crippen LogP contribution in [-0.4, -0.2) is 44.1 Å². The highest BCUT2D eigenvalue weighted by Crippen LogP contribution is 2.26. The predicted octanol–water partition coefficient (Wildman–Crippen LogP) is 1.19. The number of carbonyl (C=O) groups is 1. The Morgan fingerprint density at radius 2 is 2.38 bits per heavy atom. The summed E-state index contributed by atoms with van der Waals surface area (Å²) in [6, 6.07) is 1.84. The van der Waals surface area contributed by atoms with Crippen molar-refractivity contribution in [2.24, 2.45) is 0 Å². The van der Waals surface area contributed by atoms with Gasteiger partial charge in [-0.3, -0.25) is 4.79 Å². The molecule has 1 aliphatic rings. The summed E-state index contributed by atoms with van der Waals surface area (Å²) in [5.74, 6) is 0.780. The maximum absolute atomic E-state index is 12.2. The monoisotopic (exact) mass is 240 g/mol. The number of nitrogens with zero attached hydrogens (tertiary/aromatic N) is 1. The predicted molar refractivity (Wildman–Crippen MR) is 64.3 cm³/mol. The van der Waals surface area contributed by atoms with Gasteiger partial charge in [-0.05, 0) is 24.4 Å². The van der Waals surface area contributed by atoms with E-state index < -0.39 is 0 Å². The third kappa shape index (κ3) is 2.36. The summed E-state index contributed by atoms with van der Waals surface area (Å²) in [6.07, 6.45) is 1.01. The average molecular weight is 240 g/mol. The largest absolute Gasteiger partial charge is 0.495 e. The van der Waals surface area contributed by atoms with Gasteiger partial charge in [-0.1, -0.05) is 0 Å². The van der Waals surface area contributed by atoms with Crippen molar-refractivity contribution in [1.82, 2.24) is 10.2 Å². The van der Waals surface area contributed by atoms with Crippen LogP contribution < -0.4 is 10.1 Å². The minimum atomic E-state index is 0.0931. The lowest BCUT2D eigenvalue weighted by molar-refractivity contribution is 0.0768. The Balaban J connectivity index is 2.11. The van der Waals surface area contributed by atoms with Crippen LogP contribution in [0.3, 0.4) is 0 Å². The maximum Gasteiger partial charge on any atom is 0.267 e. The molecule has 88 valence electrons. The summed E-state index contributed by atoms with van der Waals surface area (Å²) in [5.41, 5.74) is 0. The summed E-state index contributed by atoms with van der Waals surface area (Å²) in [5, 5.41) is 5.18. The van der Waals surface area contributed by atoms with E-state index in [2.05, 4.69) is 5.32 Å². The van der Waals surface area contributed by atoms with E-state index in [-0.39, 0.29) is 5.91 Å². The Morgan fingerprint density at radius 1 is 1.50 bits per heavy atom. The number of methoxy groups -OCH3 is 1. The molecule has 1 amide bonds. The fraction of sp³-hybridized carbons (Fsp3) is 0.545. The molecule has 0 aromatic carbocycles. The number of hydrogen-bond donors (Lipinski definition) is 1. The molecule has 1 aromatic rings. The van der Waals surface area contributed by atoms with Crippen LogP contribution in [-0.2, 0) is 0 Å². The van der Waals surface area contributed by atoms with Gasteiger partial charge in [0.05, 0.1) is 7.11 Å². The fourth-order valence-corrected chi connectivity index (χ4v) is 2.63. The molecule has 16 heavy (non-hydrogen) atoms. The molecule has 0 saturated carbocycles. The topological polar surface area (TPSA) is 41.6 Å². The van der Waals surface area contributed by atoms with Crippen molar-refractivity contribution in [2.45, 2.75) is 6.42 Å². The van der Waals surface area contributed by atoms with E-state index in [1.165, 1.54) is 11.3 Å². The standard InChI is InChI=1S/C11H16N2O2S/c1-15-9-3-8-16-10(9)11(14)13-6-2-4-12-5-7-13/h3,8,12H,2,4-7H2,1H3. The van der Waals surface area contributed by atoms with Gasteiger partial charge in [0.15, 0.2) is 0 Å². The van der Waals surface area contributed by atoms with Crippen LogP contribution >= 0.6 is 11.3 Å². The molecule has 0 spiro atoms. The van der Waals surface area contributed by atoms with Crippen LogP contribution in [0.4, 0.5) is 0 Å². The average Bonchev–Trinajstić information content (AvgIpc) is 2.61. The molecule has 1 N–H and O–H groups in total. The van der Waals surface area contributed by atoms with Gasteiger partial charge in [-0.15, -0.1) is 11.3 Å². The second kappa shape index (κ2) is 5.32. The minimum Gasteiger partial charge on any atom is -0.495 e. The third-order valence-corrected chi connectivity index (χ3v) is 3.55. The highest BCUT2D eigenvalue weighted by molar-refractivity contribution is 7.12. The van der Waals surface area contributed by atoms with Crippen LogP contribution in [0.5, 0.6) is 5.75 Å². The number of ether oxygens (including phenoxy) is 1. The molecule has 0 radical (unpaired) electrons. The van der Waals surface area contributed by atoms with Crippen LogP contribution in [0.1, 0.15) is 16.1 Å². The van der Waals surface area contributed by atoms with Gasteiger partial charge in [-0.25, -0.2) is 0 Å². The Hall–Kier alpha value is -1.07. The number of nitrogens with one attached hydrogen (secondary N) is 1. The molecular formula is C11H16N2O2S. The van der Waals surface area contributed by atoms with E-state index in [1.807, 2.05) is 16.3 Å². The molecule has 2 heterocycles. The first kappa shape index (κ1) is 11.4. The van der Waals surface area contributed by atoms with Gasteiger partial charge in [0.1, 0.15) is 10.6 Å². The van der Waals surface area contributed by atoms with E-state index in [0.29, 0.717) is 10.6 Å². The molecule has 1 aromatic heterocycles. The smallest absolute Gasteiger partial charge is 0.267 e. The summed E-state index contributed by atoms with van der Waals surface area (Å²) >= 11 is 1.45. The lowest BCUT2D eigenvalue weighted by atomic mass is 10.3. The third-order valence-electron chi connectivity index (χ3n) is 2.67. The van der Waals surface area contributed by atoms with Gasteiger partial charge < -0.3 is 15.0 Å². The van der Waals surface area contributed by atoms with E-state index >= 15 is 0 Å². The molecule has 1 saturated heterocycles. The SMILES string of the molecule is COc1ccsc1C(=O)N1CCCNCC1. The number of thiophene rings is 1. The molecule has 1 fully saturated rings. The molecule has 2 rings (SSSR count). The fourth-order valence-electron chi connectivity index (χ4n) is 1.81. The van der Waals surface area contributed by atoms with Crippen LogP contribution in [0.2, 0.25) is 0 Å². The number of carbonyl (C=O) groups excluding carboxylic acids is 1. The zero-order valence-electron chi connectivity index (χ0n) is 9.36. The first-order valence-electron chi connectivity index (χ1n) is 5.44. The first-order valence-corrected chi connectivity index (χ1v) is 6.32. The summed E-state index contributed by atoms with van der Waals surface area (Å²) in [4.78, 5) is 14.8. The Labute approximate surface area is 99.2 Å². The van der Waals surface area contributed by atoms with Crippen molar-refractivity contribution in [3.8, 4) is 5.75 Å². The highest BCUT2D eigenvalue weighted by atomic mass is 32.1. The van der Waals surface area contributed by atoms with Crippen molar-refractivity contribution in [3.05, 3.63) is 16.3 Å². The van der Waals surface area contributed by atoms with Gasteiger partial charge >= 0.3 is 0 Å². The Kier molecular flexibility index (Phi) is 3.79. The van der Waals surface area contributed by atoms with E-state index in [1.54, 1.807) is 7.11 Å². The Bertz CT molecular complexity index is 357. The molecule has 0 aliphatic carbocycles. The summed E-state index contributed by atoms with van der Waals surface area (Å²) in [7, 11) is 1.60. The molecule has 0 bridgehead atoms. The second-order valence-electron chi connectivity index (χ2n) is 3.71. The van der Waals surface area contributed by atoms with Crippen LogP contribution in [0.15, 0.2) is 11.4 Å². The van der Waals surface area contributed by atoms with Gasteiger partial charge in [0, 0.05) is 19.6 Å². The van der Waals surface area contributed by atoms with Crippen molar-refractivity contribution in [2.75, 3.05) is 33.3 Å². The lowest BCUT2D eigenvalue weighted by Gasteiger charge is -2.19. The molecular weight excluding hydrogens is 224 g/mol. The van der Waals surface area contributed by atoms with E-state index in [0.717, 1.165) is 32.6 Å². The zero-order chi connectivity index (χ0) is 11.4. The van der Waals surface area contributed by atoms with E-state index in [9.17, 15) is 4.79 Å². The quantitative estimate of drug-likeness (QED) is 0.844. The normalized spacial score (nSPS) is 16.9. The zero-order valence-corrected chi connectivity index (χ0v) is 10.2. The highest BCUT2D eigenvalue weighted by Gasteiger charge is 2.21. The van der Waals surface area contributed by atoms with Crippen molar-refractivity contribution >= 4 is 17.2 Å². The number of amides is 1. The first-order chi connectivity index (χ1) is 7.83. The second-order valence-corrected chi connectivity index (χ2v) is 4.63.